The molecule has 1 fully saturated rings. The van der Waals surface area contributed by atoms with Crippen molar-refractivity contribution in [2.45, 2.75) is 39.5 Å². The van der Waals surface area contributed by atoms with Gasteiger partial charge in [0.1, 0.15) is 11.3 Å². The van der Waals surface area contributed by atoms with E-state index in [2.05, 4.69) is 20.9 Å². The zero-order valence-corrected chi connectivity index (χ0v) is 14.1. The first-order chi connectivity index (χ1) is 10.1. The molecule has 0 bridgehead atoms. The van der Waals surface area contributed by atoms with Crippen molar-refractivity contribution in [3.8, 4) is 0 Å². The van der Waals surface area contributed by atoms with Crippen LogP contribution in [-0.2, 0) is 0 Å². The van der Waals surface area contributed by atoms with Crippen LogP contribution < -0.4 is 0 Å². The minimum absolute atomic E-state index is 0.111. The van der Waals surface area contributed by atoms with Crippen LogP contribution in [0, 0.1) is 13.8 Å². The molecule has 112 valence electrons. The molecule has 0 N–H and O–H groups in total. The van der Waals surface area contributed by atoms with Crippen LogP contribution in [0.3, 0.4) is 0 Å². The highest BCUT2D eigenvalue weighted by atomic mass is 79.9. The number of aryl methyl sites for hydroxylation is 2. The van der Waals surface area contributed by atoms with E-state index in [4.69, 9.17) is 0 Å². The van der Waals surface area contributed by atoms with Gasteiger partial charge < -0.3 is 4.90 Å². The second kappa shape index (κ2) is 5.79. The summed E-state index contributed by atoms with van der Waals surface area (Å²) in [6, 6.07) is 2.03. The van der Waals surface area contributed by atoms with E-state index in [0.29, 0.717) is 5.69 Å². The second-order valence-corrected chi connectivity index (χ2v) is 6.70. The predicted octanol–water partition coefficient (Wildman–Crippen LogP) is 3.73. The summed E-state index contributed by atoms with van der Waals surface area (Å²) in [5, 5.41) is 0. The first kappa shape index (κ1) is 14.6. The van der Waals surface area contributed by atoms with Gasteiger partial charge in [-0.3, -0.25) is 9.20 Å². The smallest absolute Gasteiger partial charge is 0.272 e. The van der Waals surface area contributed by atoms with E-state index in [1.165, 1.54) is 12.8 Å². The quantitative estimate of drug-likeness (QED) is 0.786. The molecule has 0 aliphatic carbocycles. The van der Waals surface area contributed by atoms with Crippen LogP contribution in [0.2, 0.25) is 0 Å². The lowest BCUT2D eigenvalue weighted by molar-refractivity contribution is 0.0754. The van der Waals surface area contributed by atoms with Gasteiger partial charge in [-0.25, -0.2) is 4.98 Å². The monoisotopic (exact) mass is 349 g/mol. The molecule has 2 aromatic rings. The number of halogens is 1. The summed E-state index contributed by atoms with van der Waals surface area (Å²) in [7, 11) is 0. The molecule has 1 amide bonds. The molecule has 1 saturated heterocycles. The third-order valence-corrected chi connectivity index (χ3v) is 4.57. The second-order valence-electron chi connectivity index (χ2n) is 5.79. The minimum Gasteiger partial charge on any atom is -0.337 e. The minimum atomic E-state index is 0.111. The van der Waals surface area contributed by atoms with Crippen LogP contribution in [0.5, 0.6) is 0 Å². The molecule has 21 heavy (non-hydrogen) atoms. The molecule has 0 radical (unpaired) electrons. The Bertz CT molecular complexity index is 684. The summed E-state index contributed by atoms with van der Waals surface area (Å²) in [5.41, 5.74) is 3.46. The SMILES string of the molecule is Cc1nc2c(C)cc(Br)cn2c1C(=O)N1CCCCCC1. The summed E-state index contributed by atoms with van der Waals surface area (Å²) in [6.45, 7) is 5.66. The molecular formula is C16H20BrN3O. The summed E-state index contributed by atoms with van der Waals surface area (Å²) in [5.74, 6) is 0.111. The fraction of sp³-hybridized carbons (Fsp3) is 0.500. The Morgan fingerprint density at radius 3 is 2.52 bits per heavy atom. The molecule has 3 heterocycles. The highest BCUT2D eigenvalue weighted by Gasteiger charge is 2.23. The standard InChI is InChI=1S/C16H20BrN3O/c1-11-9-13(17)10-20-14(12(2)18-15(11)20)16(21)19-7-5-3-4-6-8-19/h9-10H,3-8H2,1-2H3. The van der Waals surface area contributed by atoms with E-state index in [1.807, 2.05) is 35.4 Å². The van der Waals surface area contributed by atoms with Crippen LogP contribution in [0.1, 0.15) is 47.4 Å². The molecule has 5 heteroatoms. The number of likely N-dealkylation sites (tertiary alicyclic amines) is 1. The van der Waals surface area contributed by atoms with Crippen molar-refractivity contribution in [2.24, 2.45) is 0 Å². The largest absolute Gasteiger partial charge is 0.337 e. The number of rotatable bonds is 1. The zero-order valence-electron chi connectivity index (χ0n) is 12.5. The first-order valence-corrected chi connectivity index (χ1v) is 8.31. The molecule has 0 aromatic carbocycles. The van der Waals surface area contributed by atoms with Gasteiger partial charge in [0.15, 0.2) is 0 Å². The van der Waals surface area contributed by atoms with Gasteiger partial charge in [0.05, 0.1) is 5.69 Å². The summed E-state index contributed by atoms with van der Waals surface area (Å²) in [6.07, 6.45) is 6.59. The number of aromatic nitrogens is 2. The lowest BCUT2D eigenvalue weighted by Gasteiger charge is -2.20. The number of nitrogens with zero attached hydrogens (tertiary/aromatic N) is 3. The van der Waals surface area contributed by atoms with Crippen LogP contribution in [-0.4, -0.2) is 33.3 Å². The topological polar surface area (TPSA) is 37.6 Å². The Hall–Kier alpha value is -1.36. The zero-order chi connectivity index (χ0) is 15.0. The summed E-state index contributed by atoms with van der Waals surface area (Å²) >= 11 is 3.51. The number of pyridine rings is 1. The maximum atomic E-state index is 12.9. The van der Waals surface area contributed by atoms with Gasteiger partial charge in [-0.1, -0.05) is 12.8 Å². The van der Waals surface area contributed by atoms with Crippen molar-refractivity contribution < 1.29 is 4.79 Å². The normalized spacial score (nSPS) is 16.2. The van der Waals surface area contributed by atoms with Crippen molar-refractivity contribution in [1.82, 2.24) is 14.3 Å². The van der Waals surface area contributed by atoms with Gasteiger partial charge >= 0.3 is 0 Å². The third kappa shape index (κ3) is 2.71. The lowest BCUT2D eigenvalue weighted by Crippen LogP contribution is -2.33. The molecule has 3 rings (SSSR count). The van der Waals surface area contributed by atoms with Crippen molar-refractivity contribution in [3.63, 3.8) is 0 Å². The number of fused-ring (bicyclic) bond motifs is 1. The molecule has 4 nitrogen and oxygen atoms in total. The number of hydrogen-bond donors (Lipinski definition) is 0. The van der Waals surface area contributed by atoms with Crippen LogP contribution in [0.15, 0.2) is 16.7 Å². The van der Waals surface area contributed by atoms with E-state index >= 15 is 0 Å². The number of carbonyl (C=O) groups is 1. The molecule has 0 saturated carbocycles. The molecule has 1 aliphatic rings. The Labute approximate surface area is 133 Å². The molecule has 0 spiro atoms. The number of carbonyl (C=O) groups excluding carboxylic acids is 1. The van der Waals surface area contributed by atoms with E-state index in [9.17, 15) is 4.79 Å². The van der Waals surface area contributed by atoms with Gasteiger partial charge in [-0.05, 0) is 54.2 Å². The van der Waals surface area contributed by atoms with Crippen molar-refractivity contribution in [2.75, 3.05) is 13.1 Å². The van der Waals surface area contributed by atoms with Gasteiger partial charge in [-0.15, -0.1) is 0 Å². The van der Waals surface area contributed by atoms with E-state index in [-0.39, 0.29) is 5.91 Å². The Morgan fingerprint density at radius 2 is 1.86 bits per heavy atom. The third-order valence-electron chi connectivity index (χ3n) is 4.14. The Kier molecular flexibility index (Phi) is 4.02. The Morgan fingerprint density at radius 1 is 1.19 bits per heavy atom. The summed E-state index contributed by atoms with van der Waals surface area (Å²) in [4.78, 5) is 19.5. The van der Waals surface area contributed by atoms with Gasteiger partial charge in [0.25, 0.3) is 5.91 Å². The molecule has 0 atom stereocenters. The molecule has 0 unspecified atom stereocenters. The van der Waals surface area contributed by atoms with E-state index < -0.39 is 0 Å². The Balaban J connectivity index is 2.06. The van der Waals surface area contributed by atoms with Crippen molar-refractivity contribution in [1.29, 1.82) is 0 Å². The maximum absolute atomic E-state index is 12.9. The van der Waals surface area contributed by atoms with Crippen LogP contribution in [0.4, 0.5) is 0 Å². The van der Waals surface area contributed by atoms with Crippen LogP contribution in [0.25, 0.3) is 5.65 Å². The van der Waals surface area contributed by atoms with Crippen molar-refractivity contribution >= 4 is 27.5 Å². The molecular weight excluding hydrogens is 330 g/mol. The summed E-state index contributed by atoms with van der Waals surface area (Å²) < 4.78 is 2.90. The maximum Gasteiger partial charge on any atom is 0.272 e. The fourth-order valence-electron chi connectivity index (χ4n) is 3.06. The highest BCUT2D eigenvalue weighted by molar-refractivity contribution is 9.10. The number of amides is 1. The van der Waals surface area contributed by atoms with Gasteiger partial charge in [0.2, 0.25) is 0 Å². The average Bonchev–Trinajstić information content (AvgIpc) is 2.64. The lowest BCUT2D eigenvalue weighted by atomic mass is 10.2. The van der Waals surface area contributed by atoms with Crippen LogP contribution >= 0.6 is 15.9 Å². The van der Waals surface area contributed by atoms with E-state index in [1.54, 1.807) is 0 Å². The molecule has 2 aromatic heterocycles. The first-order valence-electron chi connectivity index (χ1n) is 7.52. The predicted molar refractivity (Wildman–Crippen MR) is 86.7 cm³/mol. The van der Waals surface area contributed by atoms with E-state index in [0.717, 1.165) is 47.3 Å². The fourth-order valence-corrected chi connectivity index (χ4v) is 3.61. The number of imidazole rings is 1. The highest BCUT2D eigenvalue weighted by Crippen LogP contribution is 2.22. The number of hydrogen-bond acceptors (Lipinski definition) is 2. The van der Waals surface area contributed by atoms with Gasteiger partial charge in [0, 0.05) is 23.8 Å². The average molecular weight is 350 g/mol. The van der Waals surface area contributed by atoms with Crippen molar-refractivity contribution in [3.05, 3.63) is 33.7 Å². The molecule has 1 aliphatic heterocycles. The van der Waals surface area contributed by atoms with Gasteiger partial charge in [-0.2, -0.15) is 0 Å².